The average molecular weight is 384 g/mol. The highest BCUT2D eigenvalue weighted by molar-refractivity contribution is 5.96. The zero-order valence-electron chi connectivity index (χ0n) is 15.7. The van der Waals surface area contributed by atoms with Gasteiger partial charge in [0.25, 0.3) is 5.91 Å². The number of para-hydroxylation sites is 1. The van der Waals surface area contributed by atoms with Crippen LogP contribution in [-0.2, 0) is 11.4 Å². The predicted molar refractivity (Wildman–Crippen MR) is 104 cm³/mol. The summed E-state index contributed by atoms with van der Waals surface area (Å²) in [6.45, 7) is 0.991. The lowest BCUT2D eigenvalue weighted by Crippen LogP contribution is -2.37. The first-order valence-electron chi connectivity index (χ1n) is 9.65. The molecule has 6 heteroatoms. The van der Waals surface area contributed by atoms with E-state index in [-0.39, 0.29) is 30.2 Å². The van der Waals surface area contributed by atoms with Crippen molar-refractivity contribution in [3.63, 3.8) is 0 Å². The van der Waals surface area contributed by atoms with Crippen molar-refractivity contribution >= 4 is 11.8 Å². The number of ether oxygens (including phenoxy) is 1. The fourth-order valence-electron chi connectivity index (χ4n) is 3.31. The van der Waals surface area contributed by atoms with E-state index in [1.54, 1.807) is 36.4 Å². The van der Waals surface area contributed by atoms with Gasteiger partial charge in [-0.2, -0.15) is 0 Å². The largest absolute Gasteiger partial charge is 0.488 e. The Hall–Kier alpha value is -2.89. The van der Waals surface area contributed by atoms with Gasteiger partial charge in [0, 0.05) is 19.0 Å². The third-order valence-electron chi connectivity index (χ3n) is 4.88. The van der Waals surface area contributed by atoms with Gasteiger partial charge in [0.05, 0.1) is 5.56 Å². The third kappa shape index (κ3) is 5.55. The van der Waals surface area contributed by atoms with Crippen LogP contribution in [0, 0.1) is 11.7 Å². The normalized spacial score (nSPS) is 13.9. The van der Waals surface area contributed by atoms with Gasteiger partial charge in [-0.25, -0.2) is 4.39 Å². The molecule has 0 spiro atoms. The summed E-state index contributed by atoms with van der Waals surface area (Å²) in [5.74, 6) is 0.0961. The topological polar surface area (TPSA) is 67.4 Å². The smallest absolute Gasteiger partial charge is 0.255 e. The number of benzene rings is 2. The van der Waals surface area contributed by atoms with Crippen LogP contribution >= 0.6 is 0 Å². The van der Waals surface area contributed by atoms with Crippen LogP contribution in [0.3, 0.4) is 0 Å². The monoisotopic (exact) mass is 384 g/mol. The predicted octanol–water partition coefficient (Wildman–Crippen LogP) is 3.44. The minimum Gasteiger partial charge on any atom is -0.488 e. The maximum absolute atomic E-state index is 13.0. The first kappa shape index (κ1) is 19.9. The van der Waals surface area contributed by atoms with E-state index in [1.165, 1.54) is 12.1 Å². The van der Waals surface area contributed by atoms with Gasteiger partial charge < -0.3 is 15.4 Å². The van der Waals surface area contributed by atoms with Gasteiger partial charge in [-0.05, 0) is 42.7 Å². The third-order valence-corrected chi connectivity index (χ3v) is 4.88. The first-order chi connectivity index (χ1) is 13.6. The molecule has 0 heterocycles. The number of nitrogens with one attached hydrogen (secondary N) is 2. The van der Waals surface area contributed by atoms with Gasteiger partial charge >= 0.3 is 0 Å². The summed E-state index contributed by atoms with van der Waals surface area (Å²) < 4.78 is 18.7. The Morgan fingerprint density at radius 1 is 0.964 bits per heavy atom. The molecule has 0 radical (unpaired) electrons. The molecule has 1 aliphatic rings. The Balaban J connectivity index is 1.47. The molecular formula is C22H25FN2O3. The molecule has 5 nitrogen and oxygen atoms in total. The fourth-order valence-corrected chi connectivity index (χ4v) is 3.31. The molecule has 2 aromatic carbocycles. The van der Waals surface area contributed by atoms with Crippen LogP contribution in [0.5, 0.6) is 5.75 Å². The van der Waals surface area contributed by atoms with E-state index in [9.17, 15) is 14.0 Å². The lowest BCUT2D eigenvalue weighted by Gasteiger charge is -2.13. The van der Waals surface area contributed by atoms with Crippen molar-refractivity contribution in [1.82, 2.24) is 10.6 Å². The molecule has 0 saturated heterocycles. The quantitative estimate of drug-likeness (QED) is 0.685. The highest BCUT2D eigenvalue weighted by atomic mass is 19.1. The van der Waals surface area contributed by atoms with Crippen LogP contribution in [0.4, 0.5) is 4.39 Å². The summed E-state index contributed by atoms with van der Waals surface area (Å²) in [4.78, 5) is 24.5. The van der Waals surface area contributed by atoms with E-state index in [2.05, 4.69) is 10.6 Å². The summed E-state index contributed by atoms with van der Waals surface area (Å²) in [7, 11) is 0. The molecule has 2 aromatic rings. The van der Waals surface area contributed by atoms with Crippen LogP contribution < -0.4 is 15.4 Å². The Labute approximate surface area is 164 Å². The number of halogens is 1. The summed E-state index contributed by atoms with van der Waals surface area (Å²) in [6.07, 6.45) is 4.14. The van der Waals surface area contributed by atoms with Gasteiger partial charge in [0.1, 0.15) is 18.2 Å². The molecule has 1 fully saturated rings. The highest BCUT2D eigenvalue weighted by Crippen LogP contribution is 2.24. The van der Waals surface area contributed by atoms with Crippen molar-refractivity contribution in [3.8, 4) is 5.75 Å². The van der Waals surface area contributed by atoms with Crippen molar-refractivity contribution in [2.24, 2.45) is 5.92 Å². The molecule has 0 aromatic heterocycles. The number of carbonyl (C=O) groups is 2. The van der Waals surface area contributed by atoms with Crippen molar-refractivity contribution in [3.05, 3.63) is 65.5 Å². The summed E-state index contributed by atoms with van der Waals surface area (Å²) in [5, 5.41) is 5.69. The van der Waals surface area contributed by atoms with Crippen molar-refractivity contribution in [2.45, 2.75) is 32.3 Å². The molecule has 3 rings (SSSR count). The SMILES string of the molecule is O=C(NCCNC(=O)C1CCCC1)c1ccccc1OCc1ccc(F)cc1. The summed E-state index contributed by atoms with van der Waals surface area (Å²) in [6, 6.07) is 13.0. The maximum atomic E-state index is 13.0. The molecule has 2 amide bonds. The van der Waals surface area contributed by atoms with E-state index in [1.807, 2.05) is 0 Å². The first-order valence-corrected chi connectivity index (χ1v) is 9.65. The molecule has 1 saturated carbocycles. The van der Waals surface area contributed by atoms with E-state index in [0.29, 0.717) is 24.4 Å². The maximum Gasteiger partial charge on any atom is 0.255 e. The minimum atomic E-state index is -0.302. The van der Waals surface area contributed by atoms with Gasteiger partial charge in [-0.3, -0.25) is 9.59 Å². The van der Waals surface area contributed by atoms with Gasteiger partial charge in [-0.1, -0.05) is 37.1 Å². The summed E-state index contributed by atoms with van der Waals surface area (Å²) >= 11 is 0. The highest BCUT2D eigenvalue weighted by Gasteiger charge is 2.22. The molecule has 0 unspecified atom stereocenters. The van der Waals surface area contributed by atoms with Crippen LogP contribution in [0.15, 0.2) is 48.5 Å². The Bertz CT molecular complexity index is 802. The zero-order valence-corrected chi connectivity index (χ0v) is 15.7. The van der Waals surface area contributed by atoms with E-state index in [0.717, 1.165) is 31.2 Å². The van der Waals surface area contributed by atoms with Crippen molar-refractivity contribution < 1.29 is 18.7 Å². The second-order valence-corrected chi connectivity index (χ2v) is 6.94. The lowest BCUT2D eigenvalue weighted by molar-refractivity contribution is -0.124. The minimum absolute atomic E-state index is 0.0785. The lowest BCUT2D eigenvalue weighted by atomic mass is 10.1. The van der Waals surface area contributed by atoms with E-state index >= 15 is 0 Å². The van der Waals surface area contributed by atoms with Crippen LogP contribution in [0.2, 0.25) is 0 Å². The second kappa shape index (κ2) is 9.88. The van der Waals surface area contributed by atoms with Gasteiger partial charge in [0.2, 0.25) is 5.91 Å². The number of hydrogen-bond acceptors (Lipinski definition) is 3. The molecule has 1 aliphatic carbocycles. The Morgan fingerprint density at radius 2 is 1.64 bits per heavy atom. The van der Waals surface area contributed by atoms with Crippen LogP contribution in [0.1, 0.15) is 41.6 Å². The van der Waals surface area contributed by atoms with Gasteiger partial charge in [0.15, 0.2) is 0 Å². The second-order valence-electron chi connectivity index (χ2n) is 6.94. The standard InChI is InChI=1S/C22H25FN2O3/c23-18-11-9-16(10-12-18)15-28-20-8-4-3-7-19(20)22(27)25-14-13-24-21(26)17-5-1-2-6-17/h3-4,7-12,17H,1-2,5-6,13-15H2,(H,24,26)(H,25,27). The van der Waals surface area contributed by atoms with E-state index < -0.39 is 0 Å². The molecule has 0 bridgehead atoms. The average Bonchev–Trinajstić information content (AvgIpc) is 3.26. The Morgan fingerprint density at radius 3 is 2.39 bits per heavy atom. The number of amides is 2. The summed E-state index contributed by atoms with van der Waals surface area (Å²) in [5.41, 5.74) is 1.23. The molecular weight excluding hydrogens is 359 g/mol. The number of carbonyl (C=O) groups excluding carboxylic acids is 2. The van der Waals surface area contributed by atoms with Gasteiger partial charge in [-0.15, -0.1) is 0 Å². The van der Waals surface area contributed by atoms with E-state index in [4.69, 9.17) is 4.74 Å². The van der Waals surface area contributed by atoms with Crippen molar-refractivity contribution in [1.29, 1.82) is 0 Å². The zero-order chi connectivity index (χ0) is 19.8. The number of hydrogen-bond donors (Lipinski definition) is 2. The molecule has 2 N–H and O–H groups in total. The number of rotatable bonds is 8. The van der Waals surface area contributed by atoms with Crippen molar-refractivity contribution in [2.75, 3.05) is 13.1 Å². The molecule has 148 valence electrons. The molecule has 28 heavy (non-hydrogen) atoms. The van der Waals surface area contributed by atoms with Crippen LogP contribution in [0.25, 0.3) is 0 Å². The molecule has 0 aliphatic heterocycles. The Kier molecular flexibility index (Phi) is 7.00. The fraction of sp³-hybridized carbons (Fsp3) is 0.364. The van der Waals surface area contributed by atoms with Crippen LogP contribution in [-0.4, -0.2) is 24.9 Å². The molecule has 0 atom stereocenters.